The van der Waals surface area contributed by atoms with E-state index in [1.54, 1.807) is 25.4 Å². The number of rotatable bonds is 2. The molecule has 1 aromatic heterocycles. The topological polar surface area (TPSA) is 76.5 Å². The van der Waals surface area contributed by atoms with E-state index < -0.39 is 25.9 Å². The molecular weight excluding hydrogens is 278 g/mol. The molecule has 2 unspecified atom stereocenters. The van der Waals surface area contributed by atoms with Crippen LogP contribution in [0.2, 0.25) is 0 Å². The highest BCUT2D eigenvalue weighted by atomic mass is 32.2. The van der Waals surface area contributed by atoms with Gasteiger partial charge in [-0.05, 0) is 37.8 Å². The number of sulfone groups is 1. The first-order valence-electron chi connectivity index (χ1n) is 6.91. The molecule has 2 aliphatic rings. The molecule has 2 fully saturated rings. The number of fused-ring (bicyclic) bond motifs is 2. The first-order valence-corrected chi connectivity index (χ1v) is 8.52. The molecule has 2 aliphatic heterocycles. The first kappa shape index (κ1) is 13.8. The number of aliphatic hydroxyl groups is 1. The van der Waals surface area contributed by atoms with Gasteiger partial charge in [0.1, 0.15) is 11.4 Å². The van der Waals surface area contributed by atoms with Gasteiger partial charge in [0.15, 0.2) is 9.84 Å². The van der Waals surface area contributed by atoms with Gasteiger partial charge in [-0.2, -0.15) is 0 Å². The molecule has 0 spiro atoms. The van der Waals surface area contributed by atoms with Gasteiger partial charge < -0.3 is 9.84 Å². The number of nitrogens with zero attached hydrogens (tertiary/aromatic N) is 1. The summed E-state index contributed by atoms with van der Waals surface area (Å²) in [4.78, 5) is 4.25. The Bertz CT molecular complexity index is 576. The van der Waals surface area contributed by atoms with Crippen molar-refractivity contribution in [3.63, 3.8) is 0 Å². The fourth-order valence-electron chi connectivity index (χ4n) is 3.43. The molecule has 2 atom stereocenters. The SMILES string of the molecule is COc1ccc(C2(O)CC3CCCC(C2)S3(=O)=O)nc1. The van der Waals surface area contributed by atoms with Crippen molar-refractivity contribution < 1.29 is 18.3 Å². The molecular formula is C14H19NO4S. The van der Waals surface area contributed by atoms with Crippen LogP contribution in [0.15, 0.2) is 18.3 Å². The van der Waals surface area contributed by atoms with Crippen LogP contribution in [0.4, 0.5) is 0 Å². The third-order valence-electron chi connectivity index (χ3n) is 4.56. The molecule has 0 radical (unpaired) electrons. The average molecular weight is 297 g/mol. The van der Waals surface area contributed by atoms with E-state index in [4.69, 9.17) is 4.74 Å². The number of aromatic nitrogens is 1. The minimum absolute atomic E-state index is 0.255. The second-order valence-corrected chi connectivity index (χ2v) is 8.30. The van der Waals surface area contributed by atoms with Crippen molar-refractivity contribution in [1.82, 2.24) is 4.98 Å². The molecule has 2 bridgehead atoms. The van der Waals surface area contributed by atoms with Crippen LogP contribution in [-0.4, -0.2) is 36.1 Å². The van der Waals surface area contributed by atoms with Crippen LogP contribution < -0.4 is 4.74 Å². The average Bonchev–Trinajstić information content (AvgIpc) is 2.41. The van der Waals surface area contributed by atoms with Gasteiger partial charge in [-0.3, -0.25) is 4.98 Å². The maximum atomic E-state index is 12.3. The molecule has 2 saturated heterocycles. The minimum Gasteiger partial charge on any atom is -0.495 e. The zero-order valence-electron chi connectivity index (χ0n) is 11.4. The Morgan fingerprint density at radius 3 is 2.45 bits per heavy atom. The van der Waals surface area contributed by atoms with Gasteiger partial charge >= 0.3 is 0 Å². The van der Waals surface area contributed by atoms with Crippen LogP contribution in [0.25, 0.3) is 0 Å². The van der Waals surface area contributed by atoms with E-state index in [9.17, 15) is 13.5 Å². The van der Waals surface area contributed by atoms with Gasteiger partial charge in [-0.15, -0.1) is 0 Å². The van der Waals surface area contributed by atoms with Crippen LogP contribution in [0.3, 0.4) is 0 Å². The third kappa shape index (κ3) is 2.11. The highest BCUT2D eigenvalue weighted by molar-refractivity contribution is 7.92. The van der Waals surface area contributed by atoms with E-state index in [0.717, 1.165) is 6.42 Å². The summed E-state index contributed by atoms with van der Waals surface area (Å²) in [6, 6.07) is 3.48. The lowest BCUT2D eigenvalue weighted by Gasteiger charge is -2.43. The maximum absolute atomic E-state index is 12.3. The van der Waals surface area contributed by atoms with Gasteiger partial charge in [-0.1, -0.05) is 6.42 Å². The maximum Gasteiger partial charge on any atom is 0.156 e. The second kappa shape index (κ2) is 4.70. The summed E-state index contributed by atoms with van der Waals surface area (Å²) in [6.07, 6.45) is 4.30. The molecule has 0 aliphatic carbocycles. The standard InChI is InChI=1S/C14H19NO4S/c1-19-10-5-6-13(15-9-10)14(16)7-11-3-2-4-12(8-14)20(11,17)18/h5-6,9,11-12,16H,2-4,7-8H2,1H3. The molecule has 1 aromatic rings. The molecule has 6 heteroatoms. The zero-order valence-corrected chi connectivity index (χ0v) is 12.3. The molecule has 1 N–H and O–H groups in total. The van der Waals surface area contributed by atoms with Crippen molar-refractivity contribution in [2.24, 2.45) is 0 Å². The van der Waals surface area contributed by atoms with Crippen LogP contribution in [-0.2, 0) is 15.4 Å². The fourth-order valence-corrected chi connectivity index (χ4v) is 5.98. The summed E-state index contributed by atoms with van der Waals surface area (Å²) in [7, 11) is -1.51. The van der Waals surface area contributed by atoms with Crippen molar-refractivity contribution >= 4 is 9.84 Å². The lowest BCUT2D eigenvalue weighted by Crippen LogP contribution is -2.50. The van der Waals surface area contributed by atoms with Crippen molar-refractivity contribution in [2.45, 2.75) is 48.2 Å². The van der Waals surface area contributed by atoms with E-state index in [-0.39, 0.29) is 12.8 Å². The highest BCUT2D eigenvalue weighted by Crippen LogP contribution is 2.45. The number of hydrogen-bond donors (Lipinski definition) is 1. The number of hydrogen-bond acceptors (Lipinski definition) is 5. The fraction of sp³-hybridized carbons (Fsp3) is 0.643. The van der Waals surface area contributed by atoms with Gasteiger partial charge in [0, 0.05) is 0 Å². The van der Waals surface area contributed by atoms with Crippen molar-refractivity contribution in [3.8, 4) is 5.75 Å². The van der Waals surface area contributed by atoms with Crippen LogP contribution in [0, 0.1) is 0 Å². The van der Waals surface area contributed by atoms with Gasteiger partial charge in [0.05, 0.1) is 29.5 Å². The molecule has 20 heavy (non-hydrogen) atoms. The smallest absolute Gasteiger partial charge is 0.156 e. The predicted molar refractivity (Wildman–Crippen MR) is 74.3 cm³/mol. The van der Waals surface area contributed by atoms with Crippen LogP contribution in [0.1, 0.15) is 37.8 Å². The minimum atomic E-state index is -3.07. The second-order valence-electron chi connectivity index (χ2n) is 5.79. The summed E-state index contributed by atoms with van der Waals surface area (Å²) in [5.74, 6) is 0.626. The summed E-state index contributed by atoms with van der Waals surface area (Å²) in [5.41, 5.74) is -0.585. The summed E-state index contributed by atoms with van der Waals surface area (Å²) < 4.78 is 29.6. The summed E-state index contributed by atoms with van der Waals surface area (Å²) >= 11 is 0. The number of methoxy groups -OCH3 is 1. The highest BCUT2D eigenvalue weighted by Gasteiger charge is 2.51. The Kier molecular flexibility index (Phi) is 3.25. The van der Waals surface area contributed by atoms with Crippen LogP contribution in [0.5, 0.6) is 5.75 Å². The van der Waals surface area contributed by atoms with E-state index in [2.05, 4.69) is 4.98 Å². The lowest BCUT2D eigenvalue weighted by molar-refractivity contribution is 0.000936. The normalized spacial score (nSPS) is 35.5. The molecule has 3 heterocycles. The summed E-state index contributed by atoms with van der Waals surface area (Å²) in [5, 5.41) is 10.0. The lowest BCUT2D eigenvalue weighted by atomic mass is 9.83. The molecule has 0 amide bonds. The Hall–Kier alpha value is -1.14. The zero-order chi connectivity index (χ0) is 14.4. The number of pyridine rings is 1. The molecule has 110 valence electrons. The van der Waals surface area contributed by atoms with Crippen molar-refractivity contribution in [2.75, 3.05) is 7.11 Å². The molecule has 0 saturated carbocycles. The van der Waals surface area contributed by atoms with Gasteiger partial charge in [-0.25, -0.2) is 8.42 Å². The monoisotopic (exact) mass is 297 g/mol. The molecule has 5 nitrogen and oxygen atoms in total. The van der Waals surface area contributed by atoms with Gasteiger partial charge in [0.2, 0.25) is 0 Å². The Morgan fingerprint density at radius 2 is 1.95 bits per heavy atom. The van der Waals surface area contributed by atoms with E-state index in [1.807, 2.05) is 0 Å². The molecule has 0 aromatic carbocycles. The van der Waals surface area contributed by atoms with E-state index in [0.29, 0.717) is 24.3 Å². The summed E-state index contributed by atoms with van der Waals surface area (Å²) in [6.45, 7) is 0. The molecule has 3 rings (SSSR count). The largest absolute Gasteiger partial charge is 0.495 e. The Morgan fingerprint density at radius 1 is 1.30 bits per heavy atom. The Balaban J connectivity index is 1.93. The first-order chi connectivity index (χ1) is 9.45. The quantitative estimate of drug-likeness (QED) is 0.893. The Labute approximate surface area is 118 Å². The van der Waals surface area contributed by atoms with E-state index >= 15 is 0 Å². The van der Waals surface area contributed by atoms with E-state index in [1.165, 1.54) is 0 Å². The van der Waals surface area contributed by atoms with Gasteiger partial charge in [0.25, 0.3) is 0 Å². The predicted octanol–water partition coefficient (Wildman–Crippen LogP) is 1.41. The van der Waals surface area contributed by atoms with Crippen LogP contribution >= 0.6 is 0 Å². The number of ether oxygens (including phenoxy) is 1. The third-order valence-corrected chi connectivity index (χ3v) is 7.22. The van der Waals surface area contributed by atoms with Crippen molar-refractivity contribution in [1.29, 1.82) is 0 Å². The van der Waals surface area contributed by atoms with Crippen molar-refractivity contribution in [3.05, 3.63) is 24.0 Å².